The largest absolute Gasteiger partial charge is 0.469 e. The van der Waals surface area contributed by atoms with Crippen molar-refractivity contribution in [2.75, 3.05) is 0 Å². The van der Waals surface area contributed by atoms with Crippen LogP contribution in [-0.2, 0) is 12.8 Å². The minimum absolute atomic E-state index is 0.271. The van der Waals surface area contributed by atoms with Crippen molar-refractivity contribution in [3.05, 3.63) is 45.0 Å². The lowest BCUT2D eigenvalue weighted by atomic mass is 10.1. The van der Waals surface area contributed by atoms with Crippen LogP contribution in [0.4, 0.5) is 0 Å². The number of hydrogen-bond donors (Lipinski definition) is 2. The summed E-state index contributed by atoms with van der Waals surface area (Å²) in [7, 11) is 0. The number of nitrogens with one attached hydrogen (secondary N) is 2. The standard InChI is InChI=1S/C16H18N2O3S/c1-10-12(7-8-21-10)15(19)17-18-16(20)14-9-11-5-3-2-4-6-13(11)22-14/h7-9H,2-6H2,1H3,(H,17,19)(H,18,20). The Balaban J connectivity index is 1.63. The van der Waals surface area contributed by atoms with Gasteiger partial charge in [0.2, 0.25) is 0 Å². The zero-order valence-corrected chi connectivity index (χ0v) is 13.2. The molecule has 3 rings (SSSR count). The number of thiophene rings is 1. The third-order valence-corrected chi connectivity index (χ3v) is 5.10. The number of amides is 2. The fraction of sp³-hybridized carbons (Fsp3) is 0.375. The van der Waals surface area contributed by atoms with Gasteiger partial charge in [0.15, 0.2) is 0 Å². The van der Waals surface area contributed by atoms with E-state index >= 15 is 0 Å². The number of hydrazine groups is 1. The quantitative estimate of drug-likeness (QED) is 0.660. The summed E-state index contributed by atoms with van der Waals surface area (Å²) >= 11 is 1.53. The fourth-order valence-corrected chi connectivity index (χ4v) is 3.79. The number of carbonyl (C=O) groups excluding carboxylic acids is 2. The summed E-state index contributed by atoms with van der Waals surface area (Å²) in [5.74, 6) is -0.125. The number of fused-ring (bicyclic) bond motifs is 1. The van der Waals surface area contributed by atoms with Crippen LogP contribution in [0.15, 0.2) is 22.8 Å². The molecule has 0 fully saturated rings. The third kappa shape index (κ3) is 3.06. The van der Waals surface area contributed by atoms with E-state index in [-0.39, 0.29) is 11.8 Å². The highest BCUT2D eigenvalue weighted by Gasteiger charge is 2.17. The molecule has 6 heteroatoms. The first-order valence-electron chi connectivity index (χ1n) is 7.41. The second kappa shape index (κ2) is 6.36. The summed E-state index contributed by atoms with van der Waals surface area (Å²) in [6, 6.07) is 3.53. The molecule has 0 saturated heterocycles. The Labute approximate surface area is 132 Å². The van der Waals surface area contributed by atoms with Gasteiger partial charge < -0.3 is 4.42 Å². The van der Waals surface area contributed by atoms with Crippen molar-refractivity contribution in [2.24, 2.45) is 0 Å². The monoisotopic (exact) mass is 318 g/mol. The molecule has 0 saturated carbocycles. The Kier molecular flexibility index (Phi) is 4.29. The van der Waals surface area contributed by atoms with E-state index < -0.39 is 0 Å². The maximum absolute atomic E-state index is 12.2. The Hall–Kier alpha value is -2.08. The van der Waals surface area contributed by atoms with Gasteiger partial charge in [-0.3, -0.25) is 20.4 Å². The van der Waals surface area contributed by atoms with Gasteiger partial charge in [-0.2, -0.15) is 0 Å². The summed E-state index contributed by atoms with van der Waals surface area (Å²) in [5.41, 5.74) is 6.60. The fourth-order valence-electron chi connectivity index (χ4n) is 2.64. The zero-order valence-electron chi connectivity index (χ0n) is 12.4. The normalized spacial score (nSPS) is 14.0. The second-order valence-electron chi connectivity index (χ2n) is 5.42. The molecule has 22 heavy (non-hydrogen) atoms. The van der Waals surface area contributed by atoms with E-state index in [0.29, 0.717) is 16.2 Å². The molecule has 0 aromatic carbocycles. The highest BCUT2D eigenvalue weighted by Crippen LogP contribution is 2.28. The van der Waals surface area contributed by atoms with Crippen molar-refractivity contribution in [3.8, 4) is 0 Å². The molecule has 1 aliphatic rings. The Morgan fingerprint density at radius 3 is 2.68 bits per heavy atom. The molecule has 2 amide bonds. The summed E-state index contributed by atoms with van der Waals surface area (Å²) in [4.78, 5) is 26.0. The second-order valence-corrected chi connectivity index (χ2v) is 6.56. The number of hydrogen-bond acceptors (Lipinski definition) is 4. The molecule has 0 bridgehead atoms. The maximum Gasteiger partial charge on any atom is 0.279 e. The average Bonchev–Trinajstić information content (AvgIpc) is 3.05. The first-order chi connectivity index (χ1) is 10.6. The van der Waals surface area contributed by atoms with Crippen LogP contribution in [0.1, 0.15) is 55.5 Å². The lowest BCUT2D eigenvalue weighted by molar-refractivity contribution is 0.0848. The molecule has 5 nitrogen and oxygen atoms in total. The zero-order chi connectivity index (χ0) is 15.5. The number of furan rings is 1. The number of rotatable bonds is 2. The van der Waals surface area contributed by atoms with Crippen LogP contribution in [0.2, 0.25) is 0 Å². The van der Waals surface area contributed by atoms with Crippen LogP contribution in [0.5, 0.6) is 0 Å². The van der Waals surface area contributed by atoms with Gasteiger partial charge in [-0.05, 0) is 50.3 Å². The summed E-state index contributed by atoms with van der Waals surface area (Å²) < 4.78 is 5.07. The number of carbonyl (C=O) groups is 2. The minimum atomic E-state index is -0.377. The van der Waals surface area contributed by atoms with Gasteiger partial charge in [-0.1, -0.05) is 6.42 Å². The van der Waals surface area contributed by atoms with Gasteiger partial charge in [0.25, 0.3) is 11.8 Å². The van der Waals surface area contributed by atoms with Crippen molar-refractivity contribution in [3.63, 3.8) is 0 Å². The Bertz CT molecular complexity index is 679. The molecule has 0 unspecified atom stereocenters. The lowest BCUT2D eigenvalue weighted by Crippen LogP contribution is -2.41. The van der Waals surface area contributed by atoms with Crippen LogP contribution in [-0.4, -0.2) is 11.8 Å². The molecule has 2 N–H and O–H groups in total. The molecule has 2 aromatic rings. The molecular formula is C16H18N2O3S. The van der Waals surface area contributed by atoms with Gasteiger partial charge in [-0.15, -0.1) is 11.3 Å². The van der Waals surface area contributed by atoms with Crippen molar-refractivity contribution in [2.45, 2.75) is 39.0 Å². The summed E-state index contributed by atoms with van der Waals surface area (Å²) in [6.45, 7) is 1.70. The van der Waals surface area contributed by atoms with E-state index in [9.17, 15) is 9.59 Å². The molecule has 2 aromatic heterocycles. The first-order valence-corrected chi connectivity index (χ1v) is 8.23. The van der Waals surface area contributed by atoms with Crippen molar-refractivity contribution in [1.29, 1.82) is 0 Å². The van der Waals surface area contributed by atoms with Gasteiger partial charge in [0.05, 0.1) is 16.7 Å². The predicted molar refractivity (Wildman–Crippen MR) is 84.0 cm³/mol. The smallest absolute Gasteiger partial charge is 0.279 e. The minimum Gasteiger partial charge on any atom is -0.469 e. The molecule has 0 atom stereocenters. The number of aryl methyl sites for hydroxylation is 3. The summed E-state index contributed by atoms with van der Waals surface area (Å²) in [5, 5.41) is 0. The molecule has 0 spiro atoms. The van der Waals surface area contributed by atoms with E-state index in [4.69, 9.17) is 4.42 Å². The first kappa shape index (κ1) is 14.8. The van der Waals surface area contributed by atoms with Gasteiger partial charge in [0.1, 0.15) is 5.76 Å². The van der Waals surface area contributed by atoms with Crippen molar-refractivity contribution >= 4 is 23.2 Å². The SMILES string of the molecule is Cc1occc1C(=O)NNC(=O)c1cc2c(s1)CCCCC2. The predicted octanol–water partition coefficient (Wildman–Crippen LogP) is 2.99. The van der Waals surface area contributed by atoms with E-state index in [0.717, 1.165) is 12.8 Å². The molecule has 0 aliphatic heterocycles. The van der Waals surface area contributed by atoms with E-state index in [1.54, 1.807) is 13.0 Å². The van der Waals surface area contributed by atoms with Crippen molar-refractivity contribution < 1.29 is 14.0 Å². The van der Waals surface area contributed by atoms with Crippen LogP contribution in [0.3, 0.4) is 0 Å². The van der Waals surface area contributed by atoms with E-state index in [1.807, 2.05) is 6.07 Å². The average molecular weight is 318 g/mol. The third-order valence-electron chi connectivity index (χ3n) is 3.86. The highest BCUT2D eigenvalue weighted by molar-refractivity contribution is 7.14. The Morgan fingerprint density at radius 2 is 1.91 bits per heavy atom. The Morgan fingerprint density at radius 1 is 1.14 bits per heavy atom. The molecule has 2 heterocycles. The van der Waals surface area contributed by atoms with E-state index in [2.05, 4.69) is 10.9 Å². The van der Waals surface area contributed by atoms with Crippen LogP contribution >= 0.6 is 11.3 Å². The van der Waals surface area contributed by atoms with Crippen LogP contribution in [0, 0.1) is 6.92 Å². The molecule has 0 radical (unpaired) electrons. The van der Waals surface area contributed by atoms with Gasteiger partial charge >= 0.3 is 0 Å². The molecule has 1 aliphatic carbocycles. The highest BCUT2D eigenvalue weighted by atomic mass is 32.1. The topological polar surface area (TPSA) is 71.3 Å². The summed E-state index contributed by atoms with van der Waals surface area (Å²) in [6.07, 6.45) is 7.16. The molecule has 116 valence electrons. The van der Waals surface area contributed by atoms with Gasteiger partial charge in [-0.25, -0.2) is 0 Å². The van der Waals surface area contributed by atoms with Crippen LogP contribution in [0.25, 0.3) is 0 Å². The van der Waals surface area contributed by atoms with E-state index in [1.165, 1.54) is 47.3 Å². The van der Waals surface area contributed by atoms with Gasteiger partial charge in [0, 0.05) is 4.88 Å². The van der Waals surface area contributed by atoms with Crippen LogP contribution < -0.4 is 10.9 Å². The molecular weight excluding hydrogens is 300 g/mol. The lowest BCUT2D eigenvalue weighted by Gasteiger charge is -2.05. The maximum atomic E-state index is 12.2. The van der Waals surface area contributed by atoms with Crippen molar-refractivity contribution in [1.82, 2.24) is 10.9 Å².